The summed E-state index contributed by atoms with van der Waals surface area (Å²) >= 11 is 6.70. The Morgan fingerprint density at radius 1 is 1.00 bits per heavy atom. The fourth-order valence-corrected chi connectivity index (χ4v) is 6.61. The molecule has 2 aromatic rings. The van der Waals surface area contributed by atoms with Crippen LogP contribution in [0.4, 0.5) is 4.39 Å². The van der Waals surface area contributed by atoms with Crippen molar-refractivity contribution in [2.45, 2.75) is 92.1 Å². The lowest BCUT2D eigenvalue weighted by atomic mass is 9.80. The van der Waals surface area contributed by atoms with Gasteiger partial charge in [-0.2, -0.15) is 0 Å². The molecule has 0 spiro atoms. The summed E-state index contributed by atoms with van der Waals surface area (Å²) in [6.07, 6.45) is 7.00. The van der Waals surface area contributed by atoms with E-state index in [4.69, 9.17) is 21.4 Å². The van der Waals surface area contributed by atoms with Crippen LogP contribution in [-0.2, 0) is 35.3 Å². The summed E-state index contributed by atoms with van der Waals surface area (Å²) < 4.78 is 19.7. The van der Waals surface area contributed by atoms with Crippen LogP contribution in [0.3, 0.4) is 0 Å². The molecule has 0 unspecified atom stereocenters. The SMILES string of the molecule is CC(C)(C)O.Cc1c(-c2c(C)c3c(c(C)c2CC(=O)O)CCN(C(=O)C2=CCCC(F)=C2)CC3)cc(Cl)c2c1CCCO2. The zero-order valence-electron chi connectivity index (χ0n) is 26.1. The number of amides is 1. The van der Waals surface area contributed by atoms with E-state index < -0.39 is 11.6 Å². The van der Waals surface area contributed by atoms with Crippen molar-refractivity contribution in [3.8, 4) is 16.9 Å². The second kappa shape index (κ2) is 13.2. The summed E-state index contributed by atoms with van der Waals surface area (Å²) in [5, 5.41) is 18.9. The van der Waals surface area contributed by atoms with E-state index in [1.165, 1.54) is 6.08 Å². The Kier molecular flexibility index (Phi) is 10.1. The molecule has 6 nitrogen and oxygen atoms in total. The highest BCUT2D eigenvalue weighted by Gasteiger charge is 2.29. The molecule has 1 aliphatic carbocycles. The third-order valence-corrected chi connectivity index (χ3v) is 8.57. The highest BCUT2D eigenvalue weighted by molar-refractivity contribution is 6.32. The lowest BCUT2D eigenvalue weighted by molar-refractivity contribution is -0.136. The average Bonchev–Trinajstić information content (AvgIpc) is 3.16. The van der Waals surface area contributed by atoms with Crippen LogP contribution in [0.25, 0.3) is 11.1 Å². The minimum atomic E-state index is -0.887. The van der Waals surface area contributed by atoms with Gasteiger partial charge in [-0.3, -0.25) is 9.59 Å². The zero-order chi connectivity index (χ0) is 31.6. The first-order valence-electron chi connectivity index (χ1n) is 15.1. The number of aliphatic carboxylic acids is 1. The predicted octanol–water partition coefficient (Wildman–Crippen LogP) is 7.16. The maximum Gasteiger partial charge on any atom is 0.307 e. The van der Waals surface area contributed by atoms with Gasteiger partial charge >= 0.3 is 5.97 Å². The molecule has 2 aliphatic heterocycles. The van der Waals surface area contributed by atoms with Crippen molar-refractivity contribution in [3.63, 3.8) is 0 Å². The summed E-state index contributed by atoms with van der Waals surface area (Å²) in [6, 6.07) is 1.92. The van der Waals surface area contributed by atoms with E-state index in [-0.39, 0.29) is 18.2 Å². The lowest BCUT2D eigenvalue weighted by Crippen LogP contribution is -2.34. The minimum Gasteiger partial charge on any atom is -0.492 e. The van der Waals surface area contributed by atoms with E-state index in [1.807, 2.05) is 19.1 Å². The first-order chi connectivity index (χ1) is 20.2. The van der Waals surface area contributed by atoms with Crippen molar-refractivity contribution in [2.75, 3.05) is 19.7 Å². The van der Waals surface area contributed by atoms with Gasteiger partial charge in [0.05, 0.1) is 23.7 Å². The number of hydrogen-bond donors (Lipinski definition) is 2. The Morgan fingerprint density at radius 3 is 2.23 bits per heavy atom. The van der Waals surface area contributed by atoms with Gasteiger partial charge in [0, 0.05) is 25.1 Å². The monoisotopic (exact) mass is 611 g/mol. The Bertz CT molecular complexity index is 1500. The van der Waals surface area contributed by atoms with Crippen molar-refractivity contribution >= 4 is 23.5 Å². The molecule has 5 rings (SSSR count). The number of allylic oxidation sites excluding steroid dienone is 2. The fraction of sp³-hybridized carbons (Fsp3) is 0.486. The number of aliphatic hydroxyl groups is 1. The molecular weight excluding hydrogens is 569 g/mol. The Hall–Kier alpha value is -3.16. The number of ether oxygens (including phenoxy) is 1. The van der Waals surface area contributed by atoms with Crippen molar-refractivity contribution in [1.82, 2.24) is 4.90 Å². The molecule has 232 valence electrons. The molecule has 0 fully saturated rings. The Labute approximate surface area is 259 Å². The van der Waals surface area contributed by atoms with Gasteiger partial charge in [-0.15, -0.1) is 0 Å². The molecule has 0 radical (unpaired) electrons. The molecule has 0 bridgehead atoms. The van der Waals surface area contributed by atoms with Crippen molar-refractivity contribution in [1.29, 1.82) is 0 Å². The standard InChI is InChI=1S/C31H33ClFNO4.C4H10O/c1-17-22-9-11-34(31(37)20-6-4-7-21(33)14-20)12-10-23(22)19(3)29(26(17)16-28(35)36)25-15-27(32)30-24(18(25)2)8-5-13-38-30;1-4(2,3)5/h6,14-15H,4-5,7-13,16H2,1-3H3,(H,35,36);5H,1-3H3. The van der Waals surface area contributed by atoms with E-state index >= 15 is 0 Å². The lowest BCUT2D eigenvalue weighted by Gasteiger charge is -2.27. The number of carbonyl (C=O) groups is 2. The number of fused-ring (bicyclic) bond motifs is 2. The highest BCUT2D eigenvalue weighted by Crippen LogP contribution is 2.44. The first kappa shape index (κ1) is 32.7. The summed E-state index contributed by atoms with van der Waals surface area (Å²) in [6.45, 7) is 13.0. The molecule has 2 heterocycles. The van der Waals surface area contributed by atoms with Crippen LogP contribution < -0.4 is 4.74 Å². The van der Waals surface area contributed by atoms with Crippen LogP contribution in [0, 0.1) is 20.8 Å². The van der Waals surface area contributed by atoms with E-state index in [2.05, 4.69) is 13.8 Å². The van der Waals surface area contributed by atoms with Gasteiger partial charge < -0.3 is 19.8 Å². The van der Waals surface area contributed by atoms with Gasteiger partial charge in [0.15, 0.2) is 0 Å². The van der Waals surface area contributed by atoms with E-state index in [0.29, 0.717) is 56.0 Å². The first-order valence-corrected chi connectivity index (χ1v) is 15.4. The second-order valence-corrected chi connectivity index (χ2v) is 13.1. The van der Waals surface area contributed by atoms with Crippen molar-refractivity contribution in [3.05, 3.63) is 73.6 Å². The Morgan fingerprint density at radius 2 is 1.63 bits per heavy atom. The molecule has 43 heavy (non-hydrogen) atoms. The van der Waals surface area contributed by atoms with Gasteiger partial charge in [-0.1, -0.05) is 17.7 Å². The number of nitrogens with zero attached hydrogens (tertiary/aromatic N) is 1. The molecule has 2 aromatic carbocycles. The zero-order valence-corrected chi connectivity index (χ0v) is 26.9. The van der Waals surface area contributed by atoms with E-state index in [0.717, 1.165) is 68.7 Å². The molecular formula is C35H43ClFNO5. The molecule has 2 N–H and O–H groups in total. The Balaban J connectivity index is 0.000000782. The number of carbonyl (C=O) groups excluding carboxylic acids is 1. The minimum absolute atomic E-state index is 0.0977. The predicted molar refractivity (Wildman–Crippen MR) is 169 cm³/mol. The van der Waals surface area contributed by atoms with Crippen LogP contribution in [0.5, 0.6) is 5.75 Å². The number of carboxylic acid groups (broad SMARTS) is 1. The molecule has 0 saturated carbocycles. The van der Waals surface area contributed by atoms with Crippen molar-refractivity contribution < 1.29 is 28.9 Å². The van der Waals surface area contributed by atoms with Crippen molar-refractivity contribution in [2.24, 2.45) is 0 Å². The third-order valence-electron chi connectivity index (χ3n) is 8.29. The maximum atomic E-state index is 13.9. The maximum absolute atomic E-state index is 13.9. The molecule has 3 aliphatic rings. The van der Waals surface area contributed by atoms with Crippen LogP contribution >= 0.6 is 11.6 Å². The molecule has 1 amide bonds. The third kappa shape index (κ3) is 7.50. The van der Waals surface area contributed by atoms with Gasteiger partial charge in [-0.25, -0.2) is 4.39 Å². The van der Waals surface area contributed by atoms with Gasteiger partial charge in [0.2, 0.25) is 0 Å². The number of rotatable bonds is 4. The van der Waals surface area contributed by atoms with Crippen LogP contribution in [0.15, 0.2) is 29.6 Å². The average molecular weight is 612 g/mol. The quantitative estimate of drug-likeness (QED) is 0.383. The van der Waals surface area contributed by atoms with Crippen LogP contribution in [0.2, 0.25) is 5.02 Å². The smallest absolute Gasteiger partial charge is 0.307 e. The highest BCUT2D eigenvalue weighted by atomic mass is 35.5. The molecule has 0 aromatic heterocycles. The number of benzene rings is 2. The summed E-state index contributed by atoms with van der Waals surface area (Å²) in [4.78, 5) is 27.1. The summed E-state index contributed by atoms with van der Waals surface area (Å²) in [5.41, 5.74) is 9.02. The molecule has 0 saturated heterocycles. The summed E-state index contributed by atoms with van der Waals surface area (Å²) in [5.74, 6) is -0.554. The molecule has 0 atom stereocenters. The fourth-order valence-electron chi connectivity index (χ4n) is 6.34. The van der Waals surface area contributed by atoms with Crippen LogP contribution in [0.1, 0.15) is 79.0 Å². The largest absolute Gasteiger partial charge is 0.492 e. The second-order valence-electron chi connectivity index (χ2n) is 12.7. The van der Waals surface area contributed by atoms with E-state index in [1.54, 1.807) is 25.7 Å². The topological polar surface area (TPSA) is 87.1 Å². The van der Waals surface area contributed by atoms with Crippen LogP contribution in [-0.4, -0.2) is 52.3 Å². The normalized spacial score (nSPS) is 16.4. The van der Waals surface area contributed by atoms with Gasteiger partial charge in [0.1, 0.15) is 11.6 Å². The number of halogens is 2. The number of carboxylic acids is 1. The van der Waals surface area contributed by atoms with Gasteiger partial charge in [0.25, 0.3) is 5.91 Å². The van der Waals surface area contributed by atoms with E-state index in [9.17, 15) is 19.1 Å². The van der Waals surface area contributed by atoms with Gasteiger partial charge in [-0.05, 0) is 136 Å². The molecule has 8 heteroatoms. The summed E-state index contributed by atoms with van der Waals surface area (Å²) in [7, 11) is 0. The number of hydrogen-bond acceptors (Lipinski definition) is 4.